The Hall–Kier alpha value is -4.78. The highest BCUT2D eigenvalue weighted by molar-refractivity contribution is 6.40. The molecule has 0 fully saturated rings. The molecular formula is C49H84N6O7. The van der Waals surface area contributed by atoms with Gasteiger partial charge in [0.1, 0.15) is 12.1 Å². The normalized spacial score (nSPS) is 13.5. The largest absolute Gasteiger partial charge is 0.480 e. The monoisotopic (exact) mass is 869 g/mol. The number of carbonyl (C=O) groups excluding carboxylic acids is 5. The Bertz CT molecular complexity index is 1680. The zero-order chi connectivity index (χ0) is 48.7. The number of nitrogens with one attached hydrogen (secondary N) is 5. The van der Waals surface area contributed by atoms with Gasteiger partial charge in [-0.3, -0.25) is 28.8 Å². The molecule has 5 amide bonds. The van der Waals surface area contributed by atoms with Crippen molar-refractivity contribution in [2.75, 3.05) is 10.6 Å². The second-order valence-electron chi connectivity index (χ2n) is 18.9. The van der Waals surface area contributed by atoms with Crippen molar-refractivity contribution in [1.82, 2.24) is 16.0 Å². The Morgan fingerprint density at radius 1 is 0.532 bits per heavy atom. The van der Waals surface area contributed by atoms with Crippen LogP contribution in [0, 0.1) is 23.7 Å². The molecule has 0 spiro atoms. The van der Waals surface area contributed by atoms with E-state index in [1.165, 1.54) is 13.3 Å². The van der Waals surface area contributed by atoms with Crippen LogP contribution in [-0.4, -0.2) is 64.8 Å². The number of benzene rings is 2. The third-order valence-corrected chi connectivity index (χ3v) is 10.5. The lowest BCUT2D eigenvalue weighted by Crippen LogP contribution is -2.51. The Kier molecular flexibility index (Phi) is 27.5. The minimum atomic E-state index is -1.20. The van der Waals surface area contributed by atoms with Crippen molar-refractivity contribution in [1.29, 1.82) is 0 Å². The number of rotatable bonds is 13. The molecule has 0 bridgehead atoms. The first kappa shape index (κ1) is 59.3. The third-order valence-electron chi connectivity index (χ3n) is 10.5. The molecule has 0 aliphatic carbocycles. The molecule has 62 heavy (non-hydrogen) atoms. The van der Waals surface area contributed by atoms with E-state index in [-0.39, 0.29) is 22.8 Å². The average Bonchev–Trinajstić information content (AvgIpc) is 3.18. The van der Waals surface area contributed by atoms with Crippen molar-refractivity contribution in [2.45, 2.75) is 179 Å². The van der Waals surface area contributed by atoms with Gasteiger partial charge in [-0.25, -0.2) is 0 Å². The maximum Gasteiger partial charge on any atom is 0.325 e. The summed E-state index contributed by atoms with van der Waals surface area (Å²) in [6, 6.07) is 13.1. The van der Waals surface area contributed by atoms with Crippen molar-refractivity contribution in [3.05, 3.63) is 59.7 Å². The summed E-state index contributed by atoms with van der Waals surface area (Å²) in [7, 11) is 0. The molecule has 0 radical (unpaired) electrons. The Morgan fingerprint density at radius 2 is 0.919 bits per heavy atom. The number of nitrogens with two attached hydrogens (primary N) is 1. The summed E-state index contributed by atoms with van der Waals surface area (Å²) in [6.07, 6.45) is 3.21. The molecule has 352 valence electrons. The van der Waals surface area contributed by atoms with Crippen molar-refractivity contribution < 1.29 is 33.9 Å². The molecule has 0 heterocycles. The summed E-state index contributed by atoms with van der Waals surface area (Å²) in [6.45, 7) is 36.5. The van der Waals surface area contributed by atoms with Crippen LogP contribution in [0.15, 0.2) is 48.5 Å². The van der Waals surface area contributed by atoms with E-state index in [9.17, 15) is 28.8 Å². The van der Waals surface area contributed by atoms with E-state index >= 15 is 0 Å². The Labute approximate surface area is 374 Å². The summed E-state index contributed by atoms with van der Waals surface area (Å²) in [4.78, 5) is 70.9. The molecule has 13 heteroatoms. The molecule has 2 aromatic rings. The molecule has 0 aliphatic rings. The van der Waals surface area contributed by atoms with E-state index in [1.54, 1.807) is 31.2 Å². The Morgan fingerprint density at radius 3 is 1.18 bits per heavy atom. The van der Waals surface area contributed by atoms with Gasteiger partial charge in [-0.05, 0) is 84.5 Å². The first-order valence-corrected chi connectivity index (χ1v) is 22.2. The molecule has 1 unspecified atom stereocenters. The molecule has 0 saturated heterocycles. The van der Waals surface area contributed by atoms with Gasteiger partial charge in [0.25, 0.3) is 0 Å². The molecule has 5 atom stereocenters. The highest BCUT2D eigenvalue weighted by atomic mass is 16.4. The summed E-state index contributed by atoms with van der Waals surface area (Å²) < 4.78 is 0. The summed E-state index contributed by atoms with van der Waals surface area (Å²) in [5.74, 6) is -2.29. The fourth-order valence-corrected chi connectivity index (χ4v) is 5.49. The van der Waals surface area contributed by atoms with Crippen LogP contribution >= 0.6 is 0 Å². The zero-order valence-corrected chi connectivity index (χ0v) is 41.3. The summed E-state index contributed by atoms with van der Waals surface area (Å²) >= 11 is 0. The zero-order valence-electron chi connectivity index (χ0n) is 41.3. The molecular weight excluding hydrogens is 785 g/mol. The van der Waals surface area contributed by atoms with Crippen LogP contribution in [0.5, 0.6) is 0 Å². The molecule has 2 rings (SSSR count). The number of hydrogen-bond donors (Lipinski definition) is 7. The van der Waals surface area contributed by atoms with Gasteiger partial charge in [-0.1, -0.05) is 154 Å². The first-order valence-electron chi connectivity index (χ1n) is 22.2. The van der Waals surface area contributed by atoms with Crippen LogP contribution < -0.4 is 32.3 Å². The fraction of sp³-hybridized carbons (Fsp3) is 0.633. The maximum absolute atomic E-state index is 12.3. The second-order valence-corrected chi connectivity index (χ2v) is 18.9. The number of anilines is 2. The van der Waals surface area contributed by atoms with Crippen molar-refractivity contribution in [3.63, 3.8) is 0 Å². The summed E-state index contributed by atoms with van der Waals surface area (Å²) in [5.41, 5.74) is 8.18. The van der Waals surface area contributed by atoms with E-state index in [4.69, 9.17) is 10.8 Å². The second kappa shape index (κ2) is 28.7. The quantitative estimate of drug-likeness (QED) is 0.0968. The van der Waals surface area contributed by atoms with Crippen molar-refractivity contribution >= 4 is 46.9 Å². The van der Waals surface area contributed by atoms with Gasteiger partial charge >= 0.3 is 29.6 Å². The average molecular weight is 869 g/mol. The lowest BCUT2D eigenvalue weighted by Gasteiger charge is -2.24. The number of amides is 5. The minimum Gasteiger partial charge on any atom is -0.480 e. The highest BCUT2D eigenvalue weighted by Crippen LogP contribution is 2.30. The molecule has 13 nitrogen and oxygen atoms in total. The number of carboxylic acids is 1. The van der Waals surface area contributed by atoms with Gasteiger partial charge in [0.15, 0.2) is 0 Å². The van der Waals surface area contributed by atoms with Crippen molar-refractivity contribution in [3.8, 4) is 0 Å². The van der Waals surface area contributed by atoms with Gasteiger partial charge in [0, 0.05) is 23.5 Å². The highest BCUT2D eigenvalue weighted by Gasteiger charge is 2.26. The number of hydrogen-bond acceptors (Lipinski definition) is 7. The van der Waals surface area contributed by atoms with Crippen LogP contribution in [0.25, 0.3) is 0 Å². The predicted octanol–water partition coefficient (Wildman–Crippen LogP) is 8.56. The van der Waals surface area contributed by atoms with Gasteiger partial charge in [-0.15, -0.1) is 0 Å². The lowest BCUT2D eigenvalue weighted by molar-refractivity contribution is -0.143. The van der Waals surface area contributed by atoms with Crippen LogP contribution in [0.4, 0.5) is 11.4 Å². The topological polar surface area (TPSA) is 209 Å². The minimum absolute atomic E-state index is 0.0318. The van der Waals surface area contributed by atoms with E-state index in [0.29, 0.717) is 29.3 Å². The number of carboxylic acid groups (broad SMARTS) is 1. The number of aliphatic carboxylic acids is 1. The van der Waals surface area contributed by atoms with Crippen LogP contribution in [0.3, 0.4) is 0 Å². The standard InChI is InChI=1S/C21H33N3O3.C15H20N2O4.C7H16.C6H15N/c1-8-16(13(2)3)23-18(25)14(4)22-19(26)20(27)24-17-12-10-9-11-15(17)21(5,6)7;1-9(14(20)21)16-12(18)13(19)17-11-8-6-5-7-10(11)15(2,3)4;1-5-7(4)6(2)3;1-4-6(7)5(2)3/h9-14,16H,8H2,1-7H3,(H,22,26)(H,23,25)(H,24,27);5-9H,1-4H3,(H,16,18)(H,17,19)(H,20,21);6-7H,5H2,1-4H3;5-6H,4,7H2,1-3H3/t14-,16?;9-;7-;6-/m0000/s1. The van der Waals surface area contributed by atoms with Crippen molar-refractivity contribution in [2.24, 2.45) is 29.4 Å². The van der Waals surface area contributed by atoms with Gasteiger partial charge < -0.3 is 37.4 Å². The van der Waals surface area contributed by atoms with Crippen LogP contribution in [0.1, 0.15) is 155 Å². The molecule has 0 saturated carbocycles. The predicted molar refractivity (Wildman–Crippen MR) is 255 cm³/mol. The van der Waals surface area contributed by atoms with Crippen LogP contribution in [-0.2, 0) is 39.6 Å². The van der Waals surface area contributed by atoms with E-state index < -0.39 is 41.7 Å². The Balaban J connectivity index is 0. The smallest absolute Gasteiger partial charge is 0.325 e. The number of para-hydroxylation sites is 2. The molecule has 2 aromatic carbocycles. The lowest BCUT2D eigenvalue weighted by atomic mass is 9.86. The third kappa shape index (κ3) is 23.4. The maximum atomic E-state index is 12.3. The van der Waals surface area contributed by atoms with E-state index in [2.05, 4.69) is 75.1 Å². The van der Waals surface area contributed by atoms with Gasteiger partial charge in [-0.2, -0.15) is 0 Å². The fourth-order valence-electron chi connectivity index (χ4n) is 5.49. The molecule has 0 aromatic heterocycles. The molecule has 0 aliphatic heterocycles. The first-order chi connectivity index (χ1) is 28.5. The van der Waals surface area contributed by atoms with Gasteiger partial charge in [0.05, 0.1) is 0 Å². The SMILES string of the molecule is CCC(NC(=O)[C@H](C)NC(=O)C(=O)Nc1ccccc1C(C)(C)C)C(C)C.CC[C@H](C)C(C)C.CC[C@H](N)C(C)C.C[C@H](NC(=O)C(=O)Nc1ccccc1C(C)(C)C)C(=O)O. The van der Waals surface area contributed by atoms with Crippen LogP contribution in [0.2, 0.25) is 0 Å². The van der Waals surface area contributed by atoms with Gasteiger partial charge in [0.2, 0.25) is 5.91 Å². The summed E-state index contributed by atoms with van der Waals surface area (Å²) in [5, 5.41) is 21.3. The van der Waals surface area contributed by atoms with E-state index in [0.717, 1.165) is 35.8 Å². The number of carbonyl (C=O) groups is 6. The van der Waals surface area contributed by atoms with E-state index in [1.807, 2.05) is 86.6 Å². The molecule has 8 N–H and O–H groups in total.